The van der Waals surface area contributed by atoms with Crippen LogP contribution < -0.4 is 5.32 Å². The lowest BCUT2D eigenvalue weighted by molar-refractivity contribution is -0.340. The number of carbonyl (C=O) groups is 2. The summed E-state index contributed by atoms with van der Waals surface area (Å²) in [6.07, 6.45) is 6.75. The van der Waals surface area contributed by atoms with Crippen LogP contribution in [0.5, 0.6) is 0 Å². The molecule has 13 nitrogen and oxygen atoms in total. The molecule has 6 aliphatic rings. The van der Waals surface area contributed by atoms with E-state index in [9.17, 15) is 19.8 Å². The van der Waals surface area contributed by atoms with Gasteiger partial charge in [-0.3, -0.25) is 10.1 Å². The van der Waals surface area contributed by atoms with Gasteiger partial charge in [0.25, 0.3) is 0 Å². The van der Waals surface area contributed by atoms with Gasteiger partial charge in [0.15, 0.2) is 18.2 Å². The number of fused-ring (bicyclic) bond motifs is 2. The molecule has 342 valence electrons. The quantitative estimate of drug-likeness (QED) is 0.179. The lowest BCUT2D eigenvalue weighted by Gasteiger charge is -2.51. The van der Waals surface area contributed by atoms with Gasteiger partial charge in [0, 0.05) is 49.4 Å². The van der Waals surface area contributed by atoms with E-state index in [1.165, 1.54) is 0 Å². The van der Waals surface area contributed by atoms with Gasteiger partial charge in [-0.05, 0) is 86.4 Å². The number of aliphatic hydroxyl groups excluding tert-OH is 1. The van der Waals surface area contributed by atoms with Gasteiger partial charge in [0.1, 0.15) is 35.9 Å². The average molecular weight is 885 g/mol. The number of hydrogen-bond acceptors (Lipinski definition) is 12. The second-order valence-electron chi connectivity index (χ2n) is 18.5. The molecule has 0 aromatic heterocycles. The van der Waals surface area contributed by atoms with E-state index in [4.69, 9.17) is 49.5 Å². The molecular weight excluding hydrogens is 818 g/mol. The van der Waals surface area contributed by atoms with Gasteiger partial charge in [0.05, 0.1) is 31.0 Å². The van der Waals surface area contributed by atoms with E-state index in [-0.39, 0.29) is 24.7 Å². The third-order valence-corrected chi connectivity index (χ3v) is 14.3. The van der Waals surface area contributed by atoms with Crippen LogP contribution in [0, 0.1) is 23.7 Å². The van der Waals surface area contributed by atoms with E-state index < -0.39 is 78.4 Å². The summed E-state index contributed by atoms with van der Waals surface area (Å²) in [4.78, 5) is 27.3. The molecule has 4 fully saturated rings. The van der Waals surface area contributed by atoms with Gasteiger partial charge in [0.2, 0.25) is 0 Å². The predicted molar refractivity (Wildman–Crippen MR) is 232 cm³/mol. The van der Waals surface area contributed by atoms with E-state index in [0.29, 0.717) is 65.8 Å². The molecule has 1 spiro atoms. The third kappa shape index (κ3) is 9.91. The second-order valence-corrected chi connectivity index (χ2v) is 18.9. The van der Waals surface area contributed by atoms with Crippen molar-refractivity contribution in [3.63, 3.8) is 0 Å². The Morgan fingerprint density at radius 2 is 1.84 bits per heavy atom. The van der Waals surface area contributed by atoms with Gasteiger partial charge in [-0.2, -0.15) is 0 Å². The first kappa shape index (κ1) is 46.9. The summed E-state index contributed by atoms with van der Waals surface area (Å²) in [5.41, 5.74) is 0.655. The van der Waals surface area contributed by atoms with Crippen molar-refractivity contribution in [3.8, 4) is 0 Å². The Morgan fingerprint density at radius 1 is 1.08 bits per heavy atom. The Balaban J connectivity index is 1.17. The molecule has 2 unspecified atom stereocenters. The molecule has 0 saturated carbocycles. The number of rotatable bonds is 7. The van der Waals surface area contributed by atoms with E-state index in [0.717, 1.165) is 18.4 Å². The molecule has 1 aromatic rings. The number of hydrogen-bond donors (Lipinski definition) is 3. The van der Waals surface area contributed by atoms with Crippen molar-refractivity contribution >= 4 is 29.4 Å². The average Bonchev–Trinajstić information content (AvgIpc) is 3.58. The van der Waals surface area contributed by atoms with E-state index >= 15 is 0 Å². The summed E-state index contributed by atoms with van der Waals surface area (Å²) in [5, 5.41) is 27.0. The number of methoxy groups -OCH3 is 1. The summed E-state index contributed by atoms with van der Waals surface area (Å²) >= 11 is 6.01. The molecular formula is C48H66ClNO12. The monoisotopic (exact) mass is 883 g/mol. The number of allylic oxidation sites excluding steroid dienone is 2. The van der Waals surface area contributed by atoms with Gasteiger partial charge >= 0.3 is 12.1 Å². The standard InChI is InChI=1S/C48H66ClNO12/c1-9-26(2)42-29(5)19-20-47(62-42)24-36-22-35(61-47)18-13-28(4)41(27(3)11-10-12-32-25-56-44-40(51)30(6)21-37(45(52)58-36)48(32,44)54)59-39-23-38(55-8)43(31(7)57-39)60-46(53)50-34-16-14-33(49)15-17-34/h10-17,21,26-27,29,31,35-44,51,54H,9,18-20,22-25H2,1-8H3,(H,50,53)/b11-10+,28-13+,32-12+/t26?,27-,29-,31-,35+,36-,37-,38-,39-,40+,41-,42+,43-,44+,47?,48+/m0/s1. The lowest BCUT2D eigenvalue weighted by Crippen LogP contribution is -2.58. The smallest absolute Gasteiger partial charge is 0.412 e. The zero-order valence-electron chi connectivity index (χ0n) is 37.3. The highest BCUT2D eigenvalue weighted by Crippen LogP contribution is 2.48. The molecule has 1 amide bonds. The van der Waals surface area contributed by atoms with Crippen molar-refractivity contribution in [1.82, 2.24) is 0 Å². The van der Waals surface area contributed by atoms with Crippen LogP contribution in [0.2, 0.25) is 5.02 Å². The molecule has 0 radical (unpaired) electrons. The Morgan fingerprint density at radius 3 is 2.56 bits per heavy atom. The number of benzene rings is 1. The molecule has 7 rings (SSSR count). The zero-order valence-corrected chi connectivity index (χ0v) is 38.0. The highest BCUT2D eigenvalue weighted by atomic mass is 35.5. The Labute approximate surface area is 371 Å². The van der Waals surface area contributed by atoms with E-state index in [1.54, 1.807) is 50.5 Å². The first-order chi connectivity index (χ1) is 29.5. The molecule has 5 aliphatic heterocycles. The summed E-state index contributed by atoms with van der Waals surface area (Å²) in [6, 6.07) is 6.73. The van der Waals surface area contributed by atoms with Crippen molar-refractivity contribution in [2.75, 3.05) is 19.0 Å². The van der Waals surface area contributed by atoms with Crippen LogP contribution in [0.3, 0.4) is 0 Å². The highest BCUT2D eigenvalue weighted by Gasteiger charge is 2.60. The Kier molecular flexibility index (Phi) is 14.8. The van der Waals surface area contributed by atoms with Crippen LogP contribution in [0.1, 0.15) is 93.4 Å². The van der Waals surface area contributed by atoms with Gasteiger partial charge in [-0.25, -0.2) is 4.79 Å². The first-order valence-corrected chi connectivity index (χ1v) is 22.8. The van der Waals surface area contributed by atoms with Crippen molar-refractivity contribution < 1.29 is 57.7 Å². The summed E-state index contributed by atoms with van der Waals surface area (Å²) < 4.78 is 51.3. The second kappa shape index (κ2) is 19.6. The highest BCUT2D eigenvalue weighted by molar-refractivity contribution is 6.30. The maximum Gasteiger partial charge on any atom is 0.412 e. The van der Waals surface area contributed by atoms with Crippen molar-refractivity contribution in [1.29, 1.82) is 0 Å². The molecule has 2 bridgehead atoms. The van der Waals surface area contributed by atoms with Crippen molar-refractivity contribution in [3.05, 3.63) is 76.4 Å². The van der Waals surface area contributed by atoms with Crippen LogP contribution in [-0.4, -0.2) is 109 Å². The van der Waals surface area contributed by atoms with Crippen molar-refractivity contribution in [2.45, 2.75) is 166 Å². The van der Waals surface area contributed by atoms with Crippen LogP contribution in [0.4, 0.5) is 10.5 Å². The molecule has 5 heterocycles. The number of amides is 1. The number of nitrogens with one attached hydrogen (secondary N) is 1. The number of carbonyl (C=O) groups excluding carboxylic acids is 2. The van der Waals surface area contributed by atoms with Crippen LogP contribution in [0.25, 0.3) is 0 Å². The molecule has 14 heteroatoms. The van der Waals surface area contributed by atoms with Crippen molar-refractivity contribution in [2.24, 2.45) is 23.7 Å². The minimum absolute atomic E-state index is 0.0173. The fraction of sp³-hybridized carbons (Fsp3) is 0.667. The lowest BCUT2D eigenvalue weighted by atomic mass is 9.71. The minimum Gasteiger partial charge on any atom is -0.462 e. The number of esters is 1. The largest absolute Gasteiger partial charge is 0.462 e. The fourth-order valence-corrected chi connectivity index (χ4v) is 10.4. The van der Waals surface area contributed by atoms with Crippen LogP contribution >= 0.6 is 11.6 Å². The predicted octanol–water partition coefficient (Wildman–Crippen LogP) is 7.98. The third-order valence-electron chi connectivity index (χ3n) is 14.0. The van der Waals surface area contributed by atoms with Gasteiger partial charge in [-0.1, -0.05) is 76.1 Å². The summed E-state index contributed by atoms with van der Waals surface area (Å²) in [7, 11) is 1.57. The van der Waals surface area contributed by atoms with E-state index in [1.807, 2.05) is 32.9 Å². The normalized spacial score (nSPS) is 42.9. The maximum absolute atomic E-state index is 14.3. The zero-order chi connectivity index (χ0) is 44.5. The molecule has 16 atom stereocenters. The SMILES string of the molecule is CCC(C)[C@H]1OC2(CC[C@@H]1C)C[C@@H]1C[C@@H](C/C=C(\C)[C@@H](O[C@H]3C[C@H](OC)[C@@H](OC(=O)Nc4ccc(Cl)cc4)[C@H](C)O3)[C@@H](C)/C=C/C=C3\CO[C@@H]4[C@H](O)C(C)=C[C@@H](C(=O)O1)[C@]34O)O2. The Hall–Kier alpha value is -3.11. The maximum atomic E-state index is 14.3. The number of ether oxygens (including phenoxy) is 8. The molecule has 1 aliphatic carbocycles. The number of aliphatic hydroxyl groups is 2. The molecule has 62 heavy (non-hydrogen) atoms. The summed E-state index contributed by atoms with van der Waals surface area (Å²) in [6.45, 7) is 14.3. The molecule has 3 N–H and O–H groups in total. The number of halogens is 1. The summed E-state index contributed by atoms with van der Waals surface area (Å²) in [5.74, 6) is -2.18. The van der Waals surface area contributed by atoms with Crippen LogP contribution in [-0.2, 0) is 42.7 Å². The Bertz CT molecular complexity index is 1880. The van der Waals surface area contributed by atoms with Gasteiger partial charge < -0.3 is 48.1 Å². The molecule has 1 aromatic carbocycles. The van der Waals surface area contributed by atoms with Crippen LogP contribution in [0.15, 0.2) is 71.4 Å². The minimum atomic E-state index is -1.83. The first-order valence-electron chi connectivity index (χ1n) is 22.4. The topological polar surface area (TPSA) is 160 Å². The van der Waals surface area contributed by atoms with Gasteiger partial charge in [-0.15, -0.1) is 0 Å². The molecule has 4 saturated heterocycles. The number of anilines is 1. The van der Waals surface area contributed by atoms with E-state index in [2.05, 4.69) is 32.2 Å². The fourth-order valence-electron chi connectivity index (χ4n) is 10.2.